The minimum atomic E-state index is -0.989. The number of amides is 5. The zero-order chi connectivity index (χ0) is 41.7. The zero-order valence-corrected chi connectivity index (χ0v) is 34.0. The molecular formula is C45H48N10O5. The van der Waals surface area contributed by atoms with Crippen molar-refractivity contribution in [3.05, 3.63) is 94.7 Å². The molecule has 6 heterocycles. The first-order chi connectivity index (χ1) is 29.0. The van der Waals surface area contributed by atoms with Gasteiger partial charge in [-0.25, -0.2) is 9.67 Å². The lowest BCUT2D eigenvalue weighted by atomic mass is 9.88. The van der Waals surface area contributed by atoms with Gasteiger partial charge in [-0.1, -0.05) is 30.3 Å². The SMILES string of the molecule is Cc1cccc(C)c1Nc1nn(C)c2nc(Nc3ccc(C4CCN(C(=O)CC5CCN(c6ccc7c(c6)C(=O)N(C6CCC(=O)NC6=O)C7=O)CC5)CC4)cc3)ncc12. The summed E-state index contributed by atoms with van der Waals surface area (Å²) in [6.45, 7) is 7.09. The molecule has 9 rings (SSSR count). The molecule has 15 nitrogen and oxygen atoms in total. The summed E-state index contributed by atoms with van der Waals surface area (Å²) in [6, 6.07) is 18.8. The number of imide groups is 2. The molecule has 0 radical (unpaired) electrons. The summed E-state index contributed by atoms with van der Waals surface area (Å²) in [5, 5.41) is 14.6. The van der Waals surface area contributed by atoms with Crippen molar-refractivity contribution in [3.63, 3.8) is 0 Å². The monoisotopic (exact) mass is 808 g/mol. The molecule has 3 aromatic carbocycles. The lowest BCUT2D eigenvalue weighted by Crippen LogP contribution is -2.54. The van der Waals surface area contributed by atoms with E-state index in [2.05, 4.69) is 81.2 Å². The highest BCUT2D eigenvalue weighted by atomic mass is 16.2. The summed E-state index contributed by atoms with van der Waals surface area (Å²) in [6.07, 6.45) is 6.05. The highest BCUT2D eigenvalue weighted by molar-refractivity contribution is 6.23. The molecular weight excluding hydrogens is 761 g/mol. The van der Waals surface area contributed by atoms with Gasteiger partial charge in [0, 0.05) is 69.3 Å². The van der Waals surface area contributed by atoms with Crippen molar-refractivity contribution in [3.8, 4) is 0 Å². The highest BCUT2D eigenvalue weighted by Crippen LogP contribution is 2.35. The molecule has 4 aliphatic rings. The molecule has 60 heavy (non-hydrogen) atoms. The van der Waals surface area contributed by atoms with Gasteiger partial charge in [0.25, 0.3) is 11.8 Å². The number of carbonyl (C=O) groups is 5. The van der Waals surface area contributed by atoms with E-state index in [0.717, 1.165) is 96.0 Å². The summed E-state index contributed by atoms with van der Waals surface area (Å²) >= 11 is 0. The number of hydrogen-bond donors (Lipinski definition) is 3. The van der Waals surface area contributed by atoms with Gasteiger partial charge in [-0.3, -0.25) is 34.2 Å². The molecule has 0 spiro atoms. The number of anilines is 5. The Kier molecular flexibility index (Phi) is 10.3. The van der Waals surface area contributed by atoms with E-state index >= 15 is 0 Å². The van der Waals surface area contributed by atoms with Crippen molar-refractivity contribution in [2.24, 2.45) is 13.0 Å². The van der Waals surface area contributed by atoms with Crippen LogP contribution in [0.2, 0.25) is 0 Å². The number of hydrogen-bond acceptors (Lipinski definition) is 11. The van der Waals surface area contributed by atoms with Crippen LogP contribution in [-0.4, -0.2) is 91.3 Å². The number of fused-ring (bicyclic) bond motifs is 2. The highest BCUT2D eigenvalue weighted by Gasteiger charge is 2.45. The van der Waals surface area contributed by atoms with Gasteiger partial charge in [0.15, 0.2) is 11.5 Å². The molecule has 2 aromatic heterocycles. The summed E-state index contributed by atoms with van der Waals surface area (Å²) in [5.74, 6) is 0.0301. The van der Waals surface area contributed by atoms with E-state index in [4.69, 9.17) is 4.98 Å². The van der Waals surface area contributed by atoms with Crippen LogP contribution in [-0.2, 0) is 21.4 Å². The minimum absolute atomic E-state index is 0.0806. The number of likely N-dealkylation sites (tertiary alicyclic amines) is 1. The normalized spacial score (nSPS) is 18.9. The second-order valence-electron chi connectivity index (χ2n) is 16.5. The van der Waals surface area contributed by atoms with E-state index in [1.54, 1.807) is 23.0 Å². The largest absolute Gasteiger partial charge is 0.371 e. The standard InChI is InChI=1S/C45H48N10O5/c1-26-5-4-6-27(2)39(26)49-40-35-25-46-45(50-41(35)52(3)51-40)47-31-9-7-29(8-10-31)30-17-21-54(22-18-30)38(57)23-28-15-19-53(20-16-28)32-11-12-33-34(24-32)44(60)55(43(33)59)36-13-14-37(56)48-42(36)58/h4-12,24-25,28,30,36H,13-23H2,1-3H3,(H,49,51)(H,46,47,50)(H,48,56,58). The van der Waals surface area contributed by atoms with Gasteiger partial charge in [-0.05, 0) is 105 Å². The first-order valence-electron chi connectivity index (χ1n) is 20.8. The molecule has 1 atom stereocenters. The fraction of sp³-hybridized carbons (Fsp3) is 0.378. The van der Waals surface area contributed by atoms with E-state index in [9.17, 15) is 24.0 Å². The van der Waals surface area contributed by atoms with Crippen LogP contribution < -0.4 is 20.9 Å². The third-order valence-electron chi connectivity index (χ3n) is 12.7. The summed E-state index contributed by atoms with van der Waals surface area (Å²) in [4.78, 5) is 78.5. The van der Waals surface area contributed by atoms with E-state index < -0.39 is 29.7 Å². The number of nitrogens with one attached hydrogen (secondary N) is 3. The predicted octanol–water partition coefficient (Wildman–Crippen LogP) is 5.88. The van der Waals surface area contributed by atoms with Crippen LogP contribution >= 0.6 is 0 Å². The minimum Gasteiger partial charge on any atom is -0.371 e. The Hall–Kier alpha value is -6.64. The van der Waals surface area contributed by atoms with Crippen LogP contribution in [0.1, 0.15) is 88.3 Å². The summed E-state index contributed by atoms with van der Waals surface area (Å²) < 4.78 is 1.76. The van der Waals surface area contributed by atoms with Crippen LogP contribution in [0.3, 0.4) is 0 Å². The van der Waals surface area contributed by atoms with Crippen LogP contribution in [0.15, 0.2) is 66.9 Å². The summed E-state index contributed by atoms with van der Waals surface area (Å²) in [7, 11) is 1.88. The second kappa shape index (κ2) is 15.8. The Morgan fingerprint density at radius 1 is 0.833 bits per heavy atom. The lowest BCUT2D eigenvalue weighted by molar-refractivity contribution is -0.136. The van der Waals surface area contributed by atoms with Crippen LogP contribution in [0.25, 0.3) is 11.0 Å². The van der Waals surface area contributed by atoms with Crippen LogP contribution in [0, 0.1) is 19.8 Å². The fourth-order valence-electron chi connectivity index (χ4n) is 9.18. The Morgan fingerprint density at radius 3 is 2.27 bits per heavy atom. The maximum absolute atomic E-state index is 13.5. The maximum atomic E-state index is 13.5. The van der Waals surface area contributed by atoms with Gasteiger partial charge >= 0.3 is 0 Å². The summed E-state index contributed by atoms with van der Waals surface area (Å²) in [5.41, 5.74) is 7.57. The number of para-hydroxylation sites is 1. The van der Waals surface area contributed by atoms with Crippen molar-refractivity contribution < 1.29 is 24.0 Å². The average Bonchev–Trinajstić information content (AvgIpc) is 3.69. The number of carbonyl (C=O) groups excluding carboxylic acids is 5. The molecule has 4 aliphatic heterocycles. The van der Waals surface area contributed by atoms with E-state index in [0.29, 0.717) is 24.1 Å². The average molecular weight is 809 g/mol. The Labute approximate surface area is 347 Å². The molecule has 0 saturated carbocycles. The van der Waals surface area contributed by atoms with Crippen LogP contribution in [0.5, 0.6) is 0 Å². The molecule has 3 saturated heterocycles. The molecule has 3 N–H and O–H groups in total. The molecule has 5 aromatic rings. The molecule has 1 unspecified atom stereocenters. The fourth-order valence-corrected chi connectivity index (χ4v) is 9.18. The smallest absolute Gasteiger partial charge is 0.262 e. The van der Waals surface area contributed by atoms with Gasteiger partial charge in [-0.15, -0.1) is 0 Å². The first kappa shape index (κ1) is 38.9. The van der Waals surface area contributed by atoms with Crippen molar-refractivity contribution in [2.45, 2.75) is 70.8 Å². The number of benzene rings is 3. The van der Waals surface area contributed by atoms with Crippen molar-refractivity contribution in [1.82, 2.24) is 34.9 Å². The Bertz CT molecular complexity index is 2520. The Morgan fingerprint density at radius 2 is 1.55 bits per heavy atom. The zero-order valence-electron chi connectivity index (χ0n) is 34.0. The van der Waals surface area contributed by atoms with Gasteiger partial charge in [0.05, 0.1) is 16.5 Å². The third kappa shape index (κ3) is 7.44. The van der Waals surface area contributed by atoms with E-state index in [1.807, 2.05) is 24.1 Å². The molecule has 5 amide bonds. The molecule has 0 bridgehead atoms. The topological polar surface area (TPSA) is 175 Å². The predicted molar refractivity (Wildman–Crippen MR) is 226 cm³/mol. The van der Waals surface area contributed by atoms with Crippen LogP contribution in [0.4, 0.5) is 28.8 Å². The number of nitrogens with zero attached hydrogens (tertiary/aromatic N) is 7. The van der Waals surface area contributed by atoms with Crippen molar-refractivity contribution in [2.75, 3.05) is 41.7 Å². The number of rotatable bonds is 9. The van der Waals surface area contributed by atoms with E-state index in [-0.39, 0.29) is 35.8 Å². The molecule has 0 aliphatic carbocycles. The molecule has 3 fully saturated rings. The van der Waals surface area contributed by atoms with Crippen molar-refractivity contribution in [1.29, 1.82) is 0 Å². The maximum Gasteiger partial charge on any atom is 0.262 e. The second-order valence-corrected chi connectivity index (χ2v) is 16.5. The number of aromatic nitrogens is 4. The molecule has 15 heteroatoms. The van der Waals surface area contributed by atoms with Gasteiger partial charge in [-0.2, -0.15) is 10.1 Å². The first-order valence-corrected chi connectivity index (χ1v) is 20.8. The molecule has 308 valence electrons. The van der Waals surface area contributed by atoms with Gasteiger partial charge in [0.1, 0.15) is 6.04 Å². The number of piperidine rings is 3. The number of aryl methyl sites for hydroxylation is 3. The van der Waals surface area contributed by atoms with Gasteiger partial charge < -0.3 is 20.4 Å². The van der Waals surface area contributed by atoms with E-state index in [1.165, 1.54) is 5.56 Å². The van der Waals surface area contributed by atoms with Crippen molar-refractivity contribution >= 4 is 69.4 Å². The lowest BCUT2D eigenvalue weighted by Gasteiger charge is -2.36. The quantitative estimate of drug-likeness (QED) is 0.152. The Balaban J connectivity index is 0.742. The third-order valence-corrected chi connectivity index (χ3v) is 12.7. The van der Waals surface area contributed by atoms with Gasteiger partial charge in [0.2, 0.25) is 23.7 Å².